The van der Waals surface area contributed by atoms with Crippen LogP contribution in [-0.2, 0) is 19.1 Å². The van der Waals surface area contributed by atoms with Crippen molar-refractivity contribution < 1.29 is 19.1 Å². The van der Waals surface area contributed by atoms with Crippen molar-refractivity contribution in [2.45, 2.75) is 18.6 Å². The van der Waals surface area contributed by atoms with Crippen LogP contribution in [0.5, 0.6) is 0 Å². The number of hydrogen-bond donors (Lipinski definition) is 0. The second kappa shape index (κ2) is 8.57. The predicted molar refractivity (Wildman–Crippen MR) is 94.2 cm³/mol. The molecular weight excluding hydrogens is 328 g/mol. The molecule has 1 atom stereocenters. The number of carbonyl (C=O) groups excluding carboxylic acids is 2. The fourth-order valence-corrected chi connectivity index (χ4v) is 3.45. The van der Waals surface area contributed by atoms with Gasteiger partial charge in [0.05, 0.1) is 11.9 Å². The highest BCUT2D eigenvalue weighted by Crippen LogP contribution is 2.34. The van der Waals surface area contributed by atoms with Gasteiger partial charge in [-0.3, -0.25) is 4.99 Å². The monoisotopic (exact) mass is 348 g/mol. The SMILES string of the molecule is CCOC(=O)COC1=CCC(=CC2SC(=NC)N(C)C2=C=O)C=C1. The molecule has 24 heavy (non-hydrogen) atoms. The zero-order valence-electron chi connectivity index (χ0n) is 13.9. The molecule has 1 heterocycles. The Morgan fingerprint density at radius 3 is 2.92 bits per heavy atom. The third-order valence-electron chi connectivity index (χ3n) is 3.47. The van der Waals surface area contributed by atoms with Crippen molar-refractivity contribution >= 4 is 28.8 Å². The molecule has 1 fully saturated rings. The van der Waals surface area contributed by atoms with E-state index in [1.807, 2.05) is 31.2 Å². The lowest BCUT2D eigenvalue weighted by atomic mass is 10.0. The number of esters is 1. The minimum Gasteiger partial charge on any atom is -0.482 e. The zero-order valence-corrected chi connectivity index (χ0v) is 14.8. The third kappa shape index (κ3) is 4.40. The van der Waals surface area contributed by atoms with Gasteiger partial charge in [-0.15, -0.1) is 0 Å². The molecule has 1 aliphatic heterocycles. The molecule has 6 nitrogen and oxygen atoms in total. The fraction of sp³-hybridized carbons (Fsp3) is 0.412. The molecule has 128 valence electrons. The summed E-state index contributed by atoms with van der Waals surface area (Å²) < 4.78 is 10.2. The van der Waals surface area contributed by atoms with Gasteiger partial charge in [-0.25, -0.2) is 9.59 Å². The molecule has 1 saturated heterocycles. The van der Waals surface area contributed by atoms with E-state index in [9.17, 15) is 9.59 Å². The minimum absolute atomic E-state index is 0.0961. The highest BCUT2D eigenvalue weighted by molar-refractivity contribution is 8.15. The van der Waals surface area contributed by atoms with Crippen molar-refractivity contribution in [1.82, 2.24) is 4.90 Å². The van der Waals surface area contributed by atoms with Crippen LogP contribution in [0.1, 0.15) is 13.3 Å². The quantitative estimate of drug-likeness (QED) is 0.560. The van der Waals surface area contributed by atoms with Crippen molar-refractivity contribution in [2.75, 3.05) is 27.3 Å². The number of aliphatic imine (C=N–C) groups is 1. The first-order valence-corrected chi connectivity index (χ1v) is 8.46. The molecule has 2 rings (SSSR count). The van der Waals surface area contributed by atoms with Gasteiger partial charge in [-0.2, -0.15) is 0 Å². The molecule has 2 aliphatic rings. The Labute approximate surface area is 145 Å². The summed E-state index contributed by atoms with van der Waals surface area (Å²) in [6.45, 7) is 2.00. The Kier molecular flexibility index (Phi) is 6.46. The molecule has 1 unspecified atom stereocenters. The Morgan fingerprint density at radius 1 is 1.54 bits per heavy atom. The summed E-state index contributed by atoms with van der Waals surface area (Å²) in [6, 6.07) is 0. The van der Waals surface area contributed by atoms with E-state index in [1.165, 1.54) is 11.8 Å². The Balaban J connectivity index is 1.97. The maximum absolute atomic E-state index is 11.3. The topological polar surface area (TPSA) is 68.2 Å². The van der Waals surface area contributed by atoms with Gasteiger partial charge >= 0.3 is 5.97 Å². The summed E-state index contributed by atoms with van der Waals surface area (Å²) >= 11 is 1.52. The van der Waals surface area contributed by atoms with Crippen molar-refractivity contribution in [1.29, 1.82) is 0 Å². The summed E-state index contributed by atoms with van der Waals surface area (Å²) in [6.07, 6.45) is 8.31. The molecule has 7 heteroatoms. The van der Waals surface area contributed by atoms with Gasteiger partial charge in [0.2, 0.25) is 0 Å². The van der Waals surface area contributed by atoms with Crippen LogP contribution in [0.2, 0.25) is 0 Å². The number of rotatable bonds is 5. The van der Waals surface area contributed by atoms with Crippen LogP contribution < -0.4 is 0 Å². The van der Waals surface area contributed by atoms with E-state index in [2.05, 4.69) is 4.99 Å². The number of nitrogens with zero attached hydrogens (tertiary/aromatic N) is 2. The first-order valence-electron chi connectivity index (χ1n) is 7.58. The van der Waals surface area contributed by atoms with E-state index in [1.54, 1.807) is 24.9 Å². The Morgan fingerprint density at radius 2 is 2.33 bits per heavy atom. The number of amidine groups is 1. The molecule has 0 bridgehead atoms. The Bertz CT molecular complexity index is 672. The van der Waals surface area contributed by atoms with Crippen LogP contribution in [0.3, 0.4) is 0 Å². The van der Waals surface area contributed by atoms with Gasteiger partial charge in [0.1, 0.15) is 17.4 Å². The molecule has 0 amide bonds. The van der Waals surface area contributed by atoms with E-state index < -0.39 is 0 Å². The summed E-state index contributed by atoms with van der Waals surface area (Å²) in [4.78, 5) is 28.4. The van der Waals surface area contributed by atoms with E-state index in [0.29, 0.717) is 24.5 Å². The average molecular weight is 348 g/mol. The molecule has 0 aromatic rings. The molecule has 0 N–H and O–H groups in total. The van der Waals surface area contributed by atoms with E-state index in [-0.39, 0.29) is 17.8 Å². The highest BCUT2D eigenvalue weighted by atomic mass is 32.2. The number of allylic oxidation sites excluding steroid dienone is 4. The molecule has 0 radical (unpaired) electrons. The van der Waals surface area contributed by atoms with Crippen LogP contribution in [0.25, 0.3) is 0 Å². The van der Waals surface area contributed by atoms with Crippen molar-refractivity contribution in [3.05, 3.63) is 41.3 Å². The molecule has 1 aliphatic carbocycles. The van der Waals surface area contributed by atoms with Crippen molar-refractivity contribution in [2.24, 2.45) is 4.99 Å². The number of hydrogen-bond acceptors (Lipinski definition) is 6. The van der Waals surface area contributed by atoms with Gasteiger partial charge < -0.3 is 14.4 Å². The molecule has 0 aromatic heterocycles. The lowest BCUT2D eigenvalue weighted by molar-refractivity contribution is -0.146. The summed E-state index contributed by atoms with van der Waals surface area (Å²) in [7, 11) is 3.51. The molecular formula is C17H20N2O4S. The lowest BCUT2D eigenvalue weighted by Gasteiger charge is -2.13. The molecule has 0 aromatic carbocycles. The van der Waals surface area contributed by atoms with Crippen LogP contribution in [-0.4, -0.2) is 54.5 Å². The van der Waals surface area contributed by atoms with Crippen molar-refractivity contribution in [3.8, 4) is 0 Å². The third-order valence-corrected chi connectivity index (χ3v) is 4.75. The summed E-state index contributed by atoms with van der Waals surface area (Å²) in [5.74, 6) is 2.26. The normalized spacial score (nSPS) is 23.5. The van der Waals surface area contributed by atoms with Gasteiger partial charge in [0.25, 0.3) is 0 Å². The number of thioether (sulfide) groups is 1. The van der Waals surface area contributed by atoms with Crippen LogP contribution in [0.15, 0.2) is 46.3 Å². The van der Waals surface area contributed by atoms with Gasteiger partial charge in [-0.05, 0) is 31.1 Å². The Hall–Kier alpha value is -2.24. The maximum Gasteiger partial charge on any atom is 0.344 e. The van der Waals surface area contributed by atoms with Gasteiger partial charge in [-0.1, -0.05) is 23.9 Å². The first kappa shape index (κ1) is 18.1. The van der Waals surface area contributed by atoms with E-state index in [0.717, 1.165) is 10.7 Å². The van der Waals surface area contributed by atoms with Gasteiger partial charge in [0.15, 0.2) is 11.8 Å². The largest absolute Gasteiger partial charge is 0.482 e. The minimum atomic E-state index is -0.384. The summed E-state index contributed by atoms with van der Waals surface area (Å²) in [5, 5.41) is 0.699. The zero-order chi connectivity index (χ0) is 17.5. The van der Waals surface area contributed by atoms with Crippen LogP contribution in [0, 0.1) is 0 Å². The average Bonchev–Trinajstić information content (AvgIpc) is 2.89. The molecule has 0 saturated carbocycles. The smallest absolute Gasteiger partial charge is 0.344 e. The predicted octanol–water partition coefficient (Wildman–Crippen LogP) is 2.08. The first-order chi connectivity index (χ1) is 11.6. The van der Waals surface area contributed by atoms with Crippen molar-refractivity contribution in [3.63, 3.8) is 0 Å². The van der Waals surface area contributed by atoms with E-state index >= 15 is 0 Å². The standard InChI is InChI=1S/C17H20N2O4S/c1-4-22-16(21)11-23-13-7-5-12(6-8-13)9-15-14(10-20)19(3)17(18-2)24-15/h5,7-9,15H,4,6,11H2,1-3H3. The molecule has 0 spiro atoms. The number of carbonyl (C=O) groups is 1. The maximum atomic E-state index is 11.3. The van der Waals surface area contributed by atoms with Crippen LogP contribution in [0.4, 0.5) is 0 Å². The number of ether oxygens (including phenoxy) is 2. The lowest BCUT2D eigenvalue weighted by Crippen LogP contribution is -2.18. The van der Waals surface area contributed by atoms with Gasteiger partial charge in [0, 0.05) is 14.1 Å². The summed E-state index contributed by atoms with van der Waals surface area (Å²) in [5.41, 5.74) is 1.63. The highest BCUT2D eigenvalue weighted by Gasteiger charge is 2.31. The van der Waals surface area contributed by atoms with E-state index in [4.69, 9.17) is 9.47 Å². The second-order valence-corrected chi connectivity index (χ2v) is 6.18. The van der Waals surface area contributed by atoms with Crippen LogP contribution >= 0.6 is 11.8 Å². The fourth-order valence-electron chi connectivity index (χ4n) is 2.30. The second-order valence-electron chi connectivity index (χ2n) is 5.07.